The molecule has 4 rings (SSSR count). The molecule has 0 bridgehead atoms. The van der Waals surface area contributed by atoms with Gasteiger partial charge < -0.3 is 10.2 Å². The van der Waals surface area contributed by atoms with E-state index in [0.717, 1.165) is 33.9 Å². The molecule has 5 nitrogen and oxygen atoms in total. The van der Waals surface area contributed by atoms with Gasteiger partial charge in [0.05, 0.1) is 0 Å². The Morgan fingerprint density at radius 2 is 2.12 bits per heavy atom. The van der Waals surface area contributed by atoms with Crippen LogP contribution in [0.3, 0.4) is 0 Å². The minimum absolute atomic E-state index is 0.0407. The smallest absolute Gasteiger partial charge is 0.275 e. The fourth-order valence-corrected chi connectivity index (χ4v) is 4.41. The number of benzene rings is 1. The minimum atomic E-state index is -0.223. The molecule has 25 heavy (non-hydrogen) atoms. The lowest BCUT2D eigenvalue weighted by atomic mass is 10.1. The number of thiazole rings is 1. The zero-order chi connectivity index (χ0) is 17.4. The summed E-state index contributed by atoms with van der Waals surface area (Å²) in [7, 11) is 0. The number of aromatic nitrogens is 1. The Balaban J connectivity index is 1.51. The summed E-state index contributed by atoms with van der Waals surface area (Å²) in [4.78, 5) is 30.2. The maximum absolute atomic E-state index is 12.4. The van der Waals surface area contributed by atoms with E-state index in [0.29, 0.717) is 12.2 Å². The molecule has 0 unspecified atom stereocenters. The van der Waals surface area contributed by atoms with Crippen molar-refractivity contribution in [2.45, 2.75) is 13.3 Å². The minimum Gasteiger partial charge on any atom is -0.321 e. The Labute approximate surface area is 152 Å². The standard InChI is InChI=1S/C18H15N3O2S2/c1-11(22)21-6-4-12-8-14(2-3-16(12)21)19-17(23)15-10-25-18(20-15)13-5-7-24-9-13/h2-3,5,7-10H,4,6H2,1H3,(H,19,23). The maximum Gasteiger partial charge on any atom is 0.275 e. The number of rotatable bonds is 3. The van der Waals surface area contributed by atoms with Gasteiger partial charge in [-0.15, -0.1) is 11.3 Å². The number of nitrogens with zero attached hydrogens (tertiary/aromatic N) is 2. The van der Waals surface area contributed by atoms with E-state index in [4.69, 9.17) is 0 Å². The maximum atomic E-state index is 12.4. The summed E-state index contributed by atoms with van der Waals surface area (Å²) in [6, 6.07) is 7.64. The number of amides is 2. The lowest BCUT2D eigenvalue weighted by Gasteiger charge is -2.14. The molecule has 0 atom stereocenters. The van der Waals surface area contributed by atoms with Crippen molar-refractivity contribution in [2.75, 3.05) is 16.8 Å². The summed E-state index contributed by atoms with van der Waals surface area (Å²) < 4.78 is 0. The van der Waals surface area contributed by atoms with Gasteiger partial charge in [0, 0.05) is 41.2 Å². The molecule has 7 heteroatoms. The predicted molar refractivity (Wildman–Crippen MR) is 102 cm³/mol. The van der Waals surface area contributed by atoms with Gasteiger partial charge in [-0.1, -0.05) is 0 Å². The van der Waals surface area contributed by atoms with E-state index in [-0.39, 0.29) is 11.8 Å². The Morgan fingerprint density at radius 1 is 1.24 bits per heavy atom. The van der Waals surface area contributed by atoms with Crippen LogP contribution in [0.25, 0.3) is 10.6 Å². The molecule has 0 spiro atoms. The van der Waals surface area contributed by atoms with Crippen molar-refractivity contribution in [3.63, 3.8) is 0 Å². The average molecular weight is 369 g/mol. The molecule has 0 radical (unpaired) electrons. The summed E-state index contributed by atoms with van der Waals surface area (Å²) in [5.74, 6) is -0.182. The van der Waals surface area contributed by atoms with Crippen LogP contribution in [0.5, 0.6) is 0 Å². The Morgan fingerprint density at radius 3 is 2.88 bits per heavy atom. The Hall–Kier alpha value is -2.51. The summed E-state index contributed by atoms with van der Waals surface area (Å²) in [5, 5.41) is 9.52. The molecular formula is C18H15N3O2S2. The SMILES string of the molecule is CC(=O)N1CCc2cc(NC(=O)c3csc(-c4ccsc4)n3)ccc21. The van der Waals surface area contributed by atoms with Crippen LogP contribution in [-0.4, -0.2) is 23.3 Å². The molecule has 3 heterocycles. The van der Waals surface area contributed by atoms with Gasteiger partial charge in [-0.25, -0.2) is 4.98 Å². The third-order valence-corrected chi connectivity index (χ3v) is 5.69. The van der Waals surface area contributed by atoms with Crippen molar-refractivity contribution in [1.29, 1.82) is 0 Å². The predicted octanol–water partition coefficient (Wildman–Crippen LogP) is 4.03. The normalized spacial score (nSPS) is 12.9. The van der Waals surface area contributed by atoms with Gasteiger partial charge in [0.2, 0.25) is 5.91 Å². The molecule has 126 valence electrons. The first-order chi connectivity index (χ1) is 12.1. The van der Waals surface area contributed by atoms with Crippen molar-refractivity contribution in [3.8, 4) is 10.6 Å². The number of anilines is 2. The van der Waals surface area contributed by atoms with Crippen molar-refractivity contribution >= 4 is 45.9 Å². The highest BCUT2D eigenvalue weighted by Gasteiger charge is 2.22. The summed E-state index contributed by atoms with van der Waals surface area (Å²) in [5.41, 5.74) is 4.18. The third kappa shape index (κ3) is 3.08. The number of carbonyl (C=O) groups excluding carboxylic acids is 2. The quantitative estimate of drug-likeness (QED) is 0.758. The fourth-order valence-electron chi connectivity index (χ4n) is 2.90. The van der Waals surface area contributed by atoms with Gasteiger partial charge in [-0.2, -0.15) is 11.3 Å². The highest BCUT2D eigenvalue weighted by atomic mass is 32.1. The summed E-state index contributed by atoms with van der Waals surface area (Å²) in [6.45, 7) is 2.26. The van der Waals surface area contributed by atoms with Gasteiger partial charge in [0.15, 0.2) is 0 Å². The Bertz CT molecular complexity index is 947. The first-order valence-electron chi connectivity index (χ1n) is 7.82. The average Bonchev–Trinajstić information content (AvgIpc) is 3.33. The van der Waals surface area contributed by atoms with Crippen molar-refractivity contribution in [3.05, 3.63) is 51.7 Å². The second-order valence-electron chi connectivity index (χ2n) is 5.77. The molecule has 3 aromatic rings. The van der Waals surface area contributed by atoms with E-state index in [9.17, 15) is 9.59 Å². The van der Waals surface area contributed by atoms with Gasteiger partial charge in [0.1, 0.15) is 10.7 Å². The third-order valence-electron chi connectivity index (χ3n) is 4.12. The van der Waals surface area contributed by atoms with Crippen LogP contribution in [0.2, 0.25) is 0 Å². The van der Waals surface area contributed by atoms with E-state index in [2.05, 4.69) is 10.3 Å². The number of fused-ring (bicyclic) bond motifs is 1. The van der Waals surface area contributed by atoms with Crippen LogP contribution >= 0.6 is 22.7 Å². The van der Waals surface area contributed by atoms with Crippen LogP contribution in [0.1, 0.15) is 23.0 Å². The molecule has 1 N–H and O–H groups in total. The molecule has 1 aliphatic heterocycles. The largest absolute Gasteiger partial charge is 0.321 e. The number of thiophene rings is 1. The number of carbonyl (C=O) groups is 2. The Kier molecular flexibility index (Phi) is 4.10. The molecule has 1 aromatic carbocycles. The van der Waals surface area contributed by atoms with E-state index in [1.54, 1.807) is 28.5 Å². The second kappa shape index (κ2) is 6.42. The molecule has 2 amide bonds. The molecule has 0 saturated carbocycles. The van der Waals surface area contributed by atoms with Crippen LogP contribution < -0.4 is 10.2 Å². The lowest BCUT2D eigenvalue weighted by Crippen LogP contribution is -2.25. The lowest BCUT2D eigenvalue weighted by molar-refractivity contribution is -0.116. The van der Waals surface area contributed by atoms with Crippen LogP contribution in [0.15, 0.2) is 40.4 Å². The highest BCUT2D eigenvalue weighted by Crippen LogP contribution is 2.31. The van der Waals surface area contributed by atoms with Gasteiger partial charge >= 0.3 is 0 Å². The zero-order valence-electron chi connectivity index (χ0n) is 13.5. The monoisotopic (exact) mass is 369 g/mol. The van der Waals surface area contributed by atoms with Crippen molar-refractivity contribution in [2.24, 2.45) is 0 Å². The number of hydrogen-bond acceptors (Lipinski definition) is 5. The van der Waals surface area contributed by atoms with Crippen LogP contribution in [0, 0.1) is 0 Å². The molecule has 1 aliphatic rings. The van der Waals surface area contributed by atoms with E-state index in [1.807, 2.05) is 35.0 Å². The van der Waals surface area contributed by atoms with Crippen LogP contribution in [-0.2, 0) is 11.2 Å². The van der Waals surface area contributed by atoms with E-state index >= 15 is 0 Å². The molecule has 0 aliphatic carbocycles. The second-order valence-corrected chi connectivity index (χ2v) is 7.41. The van der Waals surface area contributed by atoms with Crippen molar-refractivity contribution < 1.29 is 9.59 Å². The van der Waals surface area contributed by atoms with E-state index < -0.39 is 0 Å². The van der Waals surface area contributed by atoms with Crippen LogP contribution in [0.4, 0.5) is 11.4 Å². The van der Waals surface area contributed by atoms with Gasteiger partial charge in [-0.05, 0) is 41.6 Å². The highest BCUT2D eigenvalue weighted by molar-refractivity contribution is 7.14. The number of hydrogen-bond donors (Lipinski definition) is 1. The summed E-state index contributed by atoms with van der Waals surface area (Å²) in [6.07, 6.45) is 0.803. The van der Waals surface area contributed by atoms with Gasteiger partial charge in [-0.3, -0.25) is 9.59 Å². The van der Waals surface area contributed by atoms with E-state index in [1.165, 1.54) is 11.3 Å². The number of nitrogens with one attached hydrogen (secondary N) is 1. The molecule has 0 fully saturated rings. The summed E-state index contributed by atoms with van der Waals surface area (Å²) >= 11 is 3.07. The first kappa shape index (κ1) is 16.0. The molecule has 2 aromatic heterocycles. The topological polar surface area (TPSA) is 62.3 Å². The molecule has 0 saturated heterocycles. The fraction of sp³-hybridized carbons (Fsp3) is 0.167. The zero-order valence-corrected chi connectivity index (χ0v) is 15.1. The van der Waals surface area contributed by atoms with Gasteiger partial charge in [0.25, 0.3) is 5.91 Å². The van der Waals surface area contributed by atoms with Crippen molar-refractivity contribution in [1.82, 2.24) is 4.98 Å². The molecular weight excluding hydrogens is 354 g/mol. The first-order valence-corrected chi connectivity index (χ1v) is 9.64.